The Hall–Kier alpha value is -0.160. The van der Waals surface area contributed by atoms with Crippen LogP contribution in [0.4, 0.5) is 13.2 Å². The topological polar surface area (TPSA) is 17.1 Å². The van der Waals surface area contributed by atoms with E-state index in [-0.39, 0.29) is 5.02 Å². The monoisotopic (exact) mass is 324 g/mol. The minimum absolute atomic E-state index is 0.214. The zero-order valence-electron chi connectivity index (χ0n) is 7.79. The number of carbonyl (C=O) groups excluding carboxylic acids is 1. The standard InChI is InChI=1S/C9H3Cl4F3O/c10-6-2-1-4(9(14,15)16)3-5(6)7(17)8(11,12)13/h1-3H. The lowest BCUT2D eigenvalue weighted by Gasteiger charge is -2.13. The SMILES string of the molecule is O=C(c1cc(C(F)(F)F)ccc1Cl)C(Cl)(Cl)Cl. The Balaban J connectivity index is 3.30. The lowest BCUT2D eigenvalue weighted by molar-refractivity contribution is -0.137. The van der Waals surface area contributed by atoms with Crippen LogP contribution >= 0.6 is 46.4 Å². The van der Waals surface area contributed by atoms with Gasteiger partial charge in [0.15, 0.2) is 0 Å². The lowest BCUT2D eigenvalue weighted by atomic mass is 10.1. The van der Waals surface area contributed by atoms with Crippen molar-refractivity contribution < 1.29 is 18.0 Å². The molecule has 0 aromatic heterocycles. The first-order valence-electron chi connectivity index (χ1n) is 4.02. The van der Waals surface area contributed by atoms with Gasteiger partial charge in [0.25, 0.3) is 3.79 Å². The Morgan fingerprint density at radius 1 is 1.12 bits per heavy atom. The van der Waals surface area contributed by atoms with E-state index in [0.29, 0.717) is 6.07 Å². The van der Waals surface area contributed by atoms with Gasteiger partial charge in [0.05, 0.1) is 10.6 Å². The molecule has 1 nitrogen and oxygen atoms in total. The maximum absolute atomic E-state index is 12.4. The molecule has 0 radical (unpaired) electrons. The van der Waals surface area contributed by atoms with E-state index < -0.39 is 26.9 Å². The summed E-state index contributed by atoms with van der Waals surface area (Å²) in [5, 5.41) is -0.214. The number of halogens is 7. The van der Waals surface area contributed by atoms with Crippen molar-refractivity contribution in [1.29, 1.82) is 0 Å². The summed E-state index contributed by atoms with van der Waals surface area (Å²) in [6, 6.07) is 2.21. The molecule has 8 heteroatoms. The quantitative estimate of drug-likeness (QED) is 0.529. The first-order valence-corrected chi connectivity index (χ1v) is 5.53. The molecule has 1 rings (SSSR count). The first kappa shape index (κ1) is 14.9. The molecular weight excluding hydrogens is 323 g/mol. The van der Waals surface area contributed by atoms with E-state index in [2.05, 4.69) is 0 Å². The van der Waals surface area contributed by atoms with Crippen molar-refractivity contribution in [2.75, 3.05) is 0 Å². The highest BCUT2D eigenvalue weighted by Gasteiger charge is 2.36. The molecule has 0 unspecified atom stereocenters. The maximum atomic E-state index is 12.4. The average Bonchev–Trinajstić information content (AvgIpc) is 2.14. The summed E-state index contributed by atoms with van der Waals surface area (Å²) < 4.78 is 34.9. The number of ketones is 1. The highest BCUT2D eigenvalue weighted by atomic mass is 35.6. The lowest BCUT2D eigenvalue weighted by Crippen LogP contribution is -2.20. The molecule has 0 bridgehead atoms. The van der Waals surface area contributed by atoms with E-state index in [1.54, 1.807) is 0 Å². The van der Waals surface area contributed by atoms with E-state index >= 15 is 0 Å². The summed E-state index contributed by atoms with van der Waals surface area (Å²) in [4.78, 5) is 11.5. The van der Waals surface area contributed by atoms with Gasteiger partial charge in [-0.05, 0) is 18.2 Å². The van der Waals surface area contributed by atoms with Crippen LogP contribution in [-0.2, 0) is 6.18 Å². The fourth-order valence-corrected chi connectivity index (χ4v) is 1.54. The summed E-state index contributed by atoms with van der Waals surface area (Å²) in [7, 11) is 0. The third-order valence-corrected chi connectivity index (χ3v) is 2.64. The smallest absolute Gasteiger partial charge is 0.289 e. The van der Waals surface area contributed by atoms with Crippen LogP contribution in [0.1, 0.15) is 15.9 Å². The zero-order chi connectivity index (χ0) is 13.4. The second-order valence-electron chi connectivity index (χ2n) is 3.02. The van der Waals surface area contributed by atoms with E-state index in [1.807, 2.05) is 0 Å². The Labute approximate surface area is 114 Å². The van der Waals surface area contributed by atoms with Gasteiger partial charge >= 0.3 is 6.18 Å². The Morgan fingerprint density at radius 3 is 2.06 bits per heavy atom. The molecule has 0 atom stereocenters. The van der Waals surface area contributed by atoms with Crippen molar-refractivity contribution in [3.63, 3.8) is 0 Å². The number of hydrogen-bond donors (Lipinski definition) is 0. The normalized spacial score (nSPS) is 12.6. The molecule has 1 aromatic rings. The second kappa shape index (κ2) is 4.84. The van der Waals surface area contributed by atoms with Crippen molar-refractivity contribution in [3.05, 3.63) is 34.3 Å². The summed E-state index contributed by atoms with van der Waals surface area (Å²) in [6.07, 6.45) is -4.60. The molecule has 0 aliphatic rings. The fourth-order valence-electron chi connectivity index (χ4n) is 1.03. The molecule has 1 aromatic carbocycles. The molecule has 0 fully saturated rings. The van der Waals surface area contributed by atoms with Gasteiger partial charge < -0.3 is 0 Å². The Bertz CT molecular complexity index is 451. The van der Waals surface area contributed by atoms with Crippen molar-refractivity contribution >= 4 is 52.2 Å². The molecule has 0 heterocycles. The number of rotatable bonds is 1. The van der Waals surface area contributed by atoms with Crippen LogP contribution in [0.15, 0.2) is 18.2 Å². The molecule has 0 N–H and O–H groups in total. The van der Waals surface area contributed by atoms with Crippen molar-refractivity contribution in [2.45, 2.75) is 9.97 Å². The third-order valence-electron chi connectivity index (χ3n) is 1.80. The number of hydrogen-bond acceptors (Lipinski definition) is 1. The summed E-state index contributed by atoms with van der Waals surface area (Å²) >= 11 is 21.5. The minimum atomic E-state index is -4.60. The minimum Gasteiger partial charge on any atom is -0.289 e. The molecule has 94 valence electrons. The summed E-state index contributed by atoms with van der Waals surface area (Å²) in [6.45, 7) is 0. The highest BCUT2D eigenvalue weighted by molar-refractivity contribution is 6.77. The molecule has 0 saturated carbocycles. The van der Waals surface area contributed by atoms with Gasteiger partial charge in [-0.1, -0.05) is 46.4 Å². The molecule has 0 amide bonds. The van der Waals surface area contributed by atoms with Crippen LogP contribution in [-0.4, -0.2) is 9.58 Å². The van der Waals surface area contributed by atoms with Gasteiger partial charge in [-0.25, -0.2) is 0 Å². The molecule has 0 spiro atoms. The van der Waals surface area contributed by atoms with Crippen molar-refractivity contribution in [3.8, 4) is 0 Å². The first-order chi connectivity index (χ1) is 7.53. The van der Waals surface area contributed by atoms with Crippen molar-refractivity contribution in [2.24, 2.45) is 0 Å². The van der Waals surface area contributed by atoms with Gasteiger partial charge in [0.2, 0.25) is 5.78 Å². The number of carbonyl (C=O) groups is 1. The van der Waals surface area contributed by atoms with Gasteiger partial charge in [-0.3, -0.25) is 4.79 Å². The van der Waals surface area contributed by atoms with Crippen LogP contribution in [0.2, 0.25) is 5.02 Å². The predicted molar refractivity (Wildman–Crippen MR) is 61.1 cm³/mol. The van der Waals surface area contributed by atoms with Gasteiger partial charge in [0, 0.05) is 5.56 Å². The molecule has 17 heavy (non-hydrogen) atoms. The maximum Gasteiger partial charge on any atom is 0.416 e. The number of benzene rings is 1. The molecule has 0 saturated heterocycles. The largest absolute Gasteiger partial charge is 0.416 e. The van der Waals surface area contributed by atoms with E-state index in [1.165, 1.54) is 0 Å². The number of Topliss-reactive ketones (excluding diaryl/α,β-unsaturated/α-hetero) is 1. The Kier molecular flexibility index (Phi) is 4.24. The predicted octanol–water partition coefficient (Wildman–Crippen LogP) is 4.91. The third kappa shape index (κ3) is 3.65. The molecule has 0 aliphatic carbocycles. The highest BCUT2D eigenvalue weighted by Crippen LogP contribution is 2.36. The Morgan fingerprint density at radius 2 is 1.65 bits per heavy atom. The summed E-state index contributed by atoms with van der Waals surface area (Å²) in [5.41, 5.74) is -1.53. The average molecular weight is 326 g/mol. The van der Waals surface area contributed by atoms with E-state index in [0.717, 1.165) is 12.1 Å². The fraction of sp³-hybridized carbons (Fsp3) is 0.222. The van der Waals surface area contributed by atoms with Gasteiger partial charge in [-0.15, -0.1) is 0 Å². The van der Waals surface area contributed by atoms with Crippen molar-refractivity contribution in [1.82, 2.24) is 0 Å². The summed E-state index contributed by atoms with van der Waals surface area (Å²) in [5.74, 6) is -1.11. The van der Waals surface area contributed by atoms with Crippen LogP contribution < -0.4 is 0 Å². The second-order valence-corrected chi connectivity index (χ2v) is 5.71. The van der Waals surface area contributed by atoms with Crippen LogP contribution in [0.5, 0.6) is 0 Å². The van der Waals surface area contributed by atoms with Crippen LogP contribution in [0.25, 0.3) is 0 Å². The van der Waals surface area contributed by atoms with Gasteiger partial charge in [-0.2, -0.15) is 13.2 Å². The van der Waals surface area contributed by atoms with Crippen LogP contribution in [0.3, 0.4) is 0 Å². The van der Waals surface area contributed by atoms with Crippen LogP contribution in [0, 0.1) is 0 Å². The van der Waals surface area contributed by atoms with Gasteiger partial charge in [0.1, 0.15) is 0 Å². The molecular formula is C9H3Cl4F3O. The van der Waals surface area contributed by atoms with E-state index in [9.17, 15) is 18.0 Å². The number of alkyl halides is 6. The molecule has 0 aliphatic heterocycles. The zero-order valence-corrected chi connectivity index (χ0v) is 10.8. The van der Waals surface area contributed by atoms with E-state index in [4.69, 9.17) is 46.4 Å².